The Morgan fingerprint density at radius 2 is 1.94 bits per heavy atom. The van der Waals surface area contributed by atoms with Crippen LogP contribution in [0.5, 0.6) is 5.75 Å². The molecule has 2 aromatic carbocycles. The minimum atomic E-state index is -0.399. The van der Waals surface area contributed by atoms with Crippen molar-refractivity contribution in [2.45, 2.75) is 24.5 Å². The summed E-state index contributed by atoms with van der Waals surface area (Å²) >= 11 is 0. The maximum absolute atomic E-state index is 12.9. The molecule has 1 amide bonds. The number of para-hydroxylation sites is 1. The van der Waals surface area contributed by atoms with Gasteiger partial charge in [-0.25, -0.2) is 0 Å². The SMILES string of the molecule is COc1ccc(CN2C[C@]3(CO[C@@H](C(=O)NCCN4CCOCC4)C3)c3ccccc32)cc1. The fourth-order valence-electron chi connectivity index (χ4n) is 5.30. The third-order valence-corrected chi connectivity index (χ3v) is 7.10. The van der Waals surface area contributed by atoms with Gasteiger partial charge >= 0.3 is 0 Å². The van der Waals surface area contributed by atoms with Crippen molar-refractivity contribution in [1.82, 2.24) is 10.2 Å². The molecule has 33 heavy (non-hydrogen) atoms. The molecule has 0 aromatic heterocycles. The summed E-state index contributed by atoms with van der Waals surface area (Å²) < 4.78 is 16.8. The first kappa shape index (κ1) is 22.2. The van der Waals surface area contributed by atoms with E-state index in [4.69, 9.17) is 14.2 Å². The predicted molar refractivity (Wildman–Crippen MR) is 127 cm³/mol. The zero-order valence-corrected chi connectivity index (χ0v) is 19.3. The maximum atomic E-state index is 12.9. The highest BCUT2D eigenvalue weighted by Crippen LogP contribution is 2.47. The van der Waals surface area contributed by atoms with Gasteiger partial charge in [0.05, 0.1) is 26.9 Å². The molecule has 3 aliphatic heterocycles. The summed E-state index contributed by atoms with van der Waals surface area (Å²) in [5.41, 5.74) is 3.63. The van der Waals surface area contributed by atoms with Crippen molar-refractivity contribution < 1.29 is 19.0 Å². The summed E-state index contributed by atoms with van der Waals surface area (Å²) in [6, 6.07) is 16.8. The number of hydrogen-bond acceptors (Lipinski definition) is 6. The number of carbonyl (C=O) groups excluding carboxylic acids is 1. The van der Waals surface area contributed by atoms with Crippen LogP contribution in [0, 0.1) is 0 Å². The number of nitrogens with one attached hydrogen (secondary N) is 1. The standard InChI is InChI=1S/C26H33N3O4/c1-31-21-8-6-20(7-9-21)17-29-18-26(22-4-2-3-5-23(22)29)16-24(33-19-26)25(30)27-10-11-28-12-14-32-15-13-28/h2-9,24H,10-19H2,1H3,(H,27,30)/t24-,26-/m1/s1. The molecule has 1 N–H and O–H groups in total. The number of rotatable bonds is 7. The average molecular weight is 452 g/mol. The molecule has 0 aliphatic carbocycles. The van der Waals surface area contributed by atoms with Crippen LogP contribution < -0.4 is 15.0 Å². The normalized spacial score (nSPS) is 24.8. The van der Waals surface area contributed by atoms with Crippen molar-refractivity contribution in [3.05, 3.63) is 59.7 Å². The van der Waals surface area contributed by atoms with Crippen molar-refractivity contribution in [3.63, 3.8) is 0 Å². The number of benzene rings is 2. The van der Waals surface area contributed by atoms with Crippen LogP contribution in [-0.2, 0) is 26.2 Å². The molecule has 7 nitrogen and oxygen atoms in total. The van der Waals surface area contributed by atoms with E-state index in [0.717, 1.165) is 51.7 Å². The van der Waals surface area contributed by atoms with E-state index in [2.05, 4.69) is 51.5 Å². The number of amides is 1. The molecule has 0 radical (unpaired) electrons. The molecule has 2 aromatic rings. The Balaban J connectivity index is 1.22. The van der Waals surface area contributed by atoms with Gasteiger partial charge < -0.3 is 24.4 Å². The number of nitrogens with zero attached hydrogens (tertiary/aromatic N) is 2. The van der Waals surface area contributed by atoms with Gasteiger partial charge in [0.15, 0.2) is 0 Å². The van der Waals surface area contributed by atoms with Crippen LogP contribution in [0.2, 0.25) is 0 Å². The van der Waals surface area contributed by atoms with Crippen molar-refractivity contribution in [1.29, 1.82) is 0 Å². The van der Waals surface area contributed by atoms with E-state index in [0.29, 0.717) is 19.6 Å². The lowest BCUT2D eigenvalue weighted by atomic mass is 9.80. The number of methoxy groups -OCH3 is 1. The van der Waals surface area contributed by atoms with Crippen molar-refractivity contribution in [2.75, 3.05) is 64.6 Å². The Labute approximate surface area is 195 Å². The lowest BCUT2D eigenvalue weighted by molar-refractivity contribution is -0.130. The number of anilines is 1. The van der Waals surface area contributed by atoms with Gasteiger partial charge in [0.1, 0.15) is 11.9 Å². The first-order chi connectivity index (χ1) is 16.2. The molecule has 176 valence electrons. The smallest absolute Gasteiger partial charge is 0.249 e. The molecular weight excluding hydrogens is 418 g/mol. The number of ether oxygens (including phenoxy) is 3. The average Bonchev–Trinajstić information content (AvgIpc) is 3.42. The second-order valence-corrected chi connectivity index (χ2v) is 9.25. The molecule has 1 spiro atoms. The fourth-order valence-corrected chi connectivity index (χ4v) is 5.30. The molecule has 0 unspecified atom stereocenters. The number of morpholine rings is 1. The van der Waals surface area contributed by atoms with Crippen LogP contribution in [-0.4, -0.2) is 76.6 Å². The van der Waals surface area contributed by atoms with E-state index in [1.165, 1.54) is 16.8 Å². The Morgan fingerprint density at radius 3 is 2.73 bits per heavy atom. The van der Waals surface area contributed by atoms with Gasteiger partial charge in [-0.2, -0.15) is 0 Å². The minimum absolute atomic E-state index is 0.00576. The molecule has 2 saturated heterocycles. The molecule has 0 bridgehead atoms. The third-order valence-electron chi connectivity index (χ3n) is 7.10. The first-order valence-electron chi connectivity index (χ1n) is 11.8. The summed E-state index contributed by atoms with van der Waals surface area (Å²) in [5.74, 6) is 0.870. The summed E-state index contributed by atoms with van der Waals surface area (Å²) in [6.45, 7) is 7.15. The predicted octanol–water partition coefficient (Wildman–Crippen LogP) is 2.19. The van der Waals surface area contributed by atoms with Gasteiger partial charge in [0.2, 0.25) is 5.91 Å². The van der Waals surface area contributed by atoms with Gasteiger partial charge in [-0.05, 0) is 35.7 Å². The summed E-state index contributed by atoms with van der Waals surface area (Å²) in [6.07, 6.45) is 0.315. The Kier molecular flexibility index (Phi) is 6.53. The second-order valence-electron chi connectivity index (χ2n) is 9.25. The second kappa shape index (κ2) is 9.71. The Bertz CT molecular complexity index is 960. The zero-order chi connectivity index (χ0) is 22.7. The van der Waals surface area contributed by atoms with E-state index in [1.807, 2.05) is 12.1 Å². The van der Waals surface area contributed by atoms with Crippen molar-refractivity contribution >= 4 is 11.6 Å². The van der Waals surface area contributed by atoms with Crippen LogP contribution >= 0.6 is 0 Å². The zero-order valence-electron chi connectivity index (χ0n) is 19.3. The highest BCUT2D eigenvalue weighted by molar-refractivity contribution is 5.81. The summed E-state index contributed by atoms with van der Waals surface area (Å²) in [5, 5.41) is 3.09. The van der Waals surface area contributed by atoms with Gasteiger partial charge in [-0.1, -0.05) is 30.3 Å². The molecule has 0 saturated carbocycles. The van der Waals surface area contributed by atoms with Gasteiger partial charge in [0.25, 0.3) is 0 Å². The Morgan fingerprint density at radius 1 is 1.15 bits per heavy atom. The van der Waals surface area contributed by atoms with Crippen molar-refractivity contribution in [2.24, 2.45) is 0 Å². The summed E-state index contributed by atoms with van der Waals surface area (Å²) in [4.78, 5) is 17.6. The largest absolute Gasteiger partial charge is 0.497 e. The third kappa shape index (κ3) is 4.71. The minimum Gasteiger partial charge on any atom is -0.497 e. The van der Waals surface area contributed by atoms with E-state index >= 15 is 0 Å². The van der Waals surface area contributed by atoms with E-state index in [1.54, 1.807) is 7.11 Å². The monoisotopic (exact) mass is 451 g/mol. The van der Waals surface area contributed by atoms with Crippen LogP contribution in [0.4, 0.5) is 5.69 Å². The maximum Gasteiger partial charge on any atom is 0.249 e. The lowest BCUT2D eigenvalue weighted by Gasteiger charge is -2.26. The van der Waals surface area contributed by atoms with Gasteiger partial charge in [0, 0.05) is 50.4 Å². The number of hydrogen-bond donors (Lipinski definition) is 1. The van der Waals surface area contributed by atoms with Gasteiger partial charge in [-0.3, -0.25) is 9.69 Å². The van der Waals surface area contributed by atoms with E-state index in [-0.39, 0.29) is 11.3 Å². The van der Waals surface area contributed by atoms with E-state index in [9.17, 15) is 4.79 Å². The van der Waals surface area contributed by atoms with Crippen LogP contribution in [0.3, 0.4) is 0 Å². The first-order valence-corrected chi connectivity index (χ1v) is 11.8. The molecule has 2 atom stereocenters. The quantitative estimate of drug-likeness (QED) is 0.696. The Hall–Kier alpha value is -2.61. The fraction of sp³-hybridized carbons (Fsp3) is 0.500. The van der Waals surface area contributed by atoms with Crippen LogP contribution in [0.1, 0.15) is 17.5 Å². The van der Waals surface area contributed by atoms with Crippen molar-refractivity contribution in [3.8, 4) is 5.75 Å². The lowest BCUT2D eigenvalue weighted by Crippen LogP contribution is -2.43. The molecule has 2 fully saturated rings. The van der Waals surface area contributed by atoms with Crippen LogP contribution in [0.15, 0.2) is 48.5 Å². The molecule has 5 rings (SSSR count). The van der Waals surface area contributed by atoms with Gasteiger partial charge in [-0.15, -0.1) is 0 Å². The summed E-state index contributed by atoms with van der Waals surface area (Å²) in [7, 11) is 1.69. The molecular formula is C26H33N3O4. The highest BCUT2D eigenvalue weighted by Gasteiger charge is 2.50. The molecule has 3 aliphatic rings. The van der Waals surface area contributed by atoms with Crippen LogP contribution in [0.25, 0.3) is 0 Å². The molecule has 7 heteroatoms. The number of fused-ring (bicyclic) bond motifs is 2. The highest BCUT2D eigenvalue weighted by atomic mass is 16.5. The number of carbonyl (C=O) groups is 1. The van der Waals surface area contributed by atoms with E-state index < -0.39 is 6.10 Å². The topological polar surface area (TPSA) is 63.3 Å². The molecule has 3 heterocycles.